The predicted octanol–water partition coefficient (Wildman–Crippen LogP) is 1.73. The number of methoxy groups -OCH3 is 1. The summed E-state index contributed by atoms with van der Waals surface area (Å²) in [5, 5.41) is 3.49. The molecule has 1 N–H and O–H groups in total. The van der Waals surface area contributed by atoms with Crippen molar-refractivity contribution < 1.29 is 4.74 Å². The number of ether oxygens (including phenoxy) is 1. The fraction of sp³-hybridized carbons (Fsp3) is 1.00. The predicted molar refractivity (Wildman–Crippen MR) is 66.4 cm³/mol. The zero-order valence-corrected chi connectivity index (χ0v) is 11.1. The molecule has 0 aliphatic heterocycles. The van der Waals surface area contributed by atoms with Gasteiger partial charge in [-0.1, -0.05) is 0 Å². The third-order valence-electron chi connectivity index (χ3n) is 2.26. The Kier molecular flexibility index (Phi) is 8.02. The first-order chi connectivity index (χ1) is 6.95. The lowest BCUT2D eigenvalue weighted by Gasteiger charge is -2.22. The molecule has 0 unspecified atom stereocenters. The topological polar surface area (TPSA) is 24.5 Å². The molecule has 3 nitrogen and oxygen atoms in total. The van der Waals surface area contributed by atoms with E-state index in [9.17, 15) is 0 Å². The summed E-state index contributed by atoms with van der Waals surface area (Å²) in [6.07, 6.45) is 2.33. The molecule has 0 aromatic carbocycles. The molecule has 0 radical (unpaired) electrons. The minimum Gasteiger partial charge on any atom is -0.385 e. The molecule has 0 saturated carbocycles. The van der Waals surface area contributed by atoms with E-state index >= 15 is 0 Å². The van der Waals surface area contributed by atoms with E-state index in [4.69, 9.17) is 4.74 Å². The van der Waals surface area contributed by atoms with Crippen molar-refractivity contribution in [2.75, 3.05) is 40.4 Å². The van der Waals surface area contributed by atoms with Gasteiger partial charge in [-0.25, -0.2) is 0 Å². The monoisotopic (exact) mass is 216 g/mol. The van der Waals surface area contributed by atoms with Crippen LogP contribution >= 0.6 is 0 Å². The van der Waals surface area contributed by atoms with E-state index in [0.717, 1.165) is 32.7 Å². The molecule has 0 heterocycles. The third-order valence-corrected chi connectivity index (χ3v) is 2.26. The van der Waals surface area contributed by atoms with Crippen LogP contribution in [0.25, 0.3) is 0 Å². The minimum absolute atomic E-state index is 0.245. The van der Waals surface area contributed by atoms with Crippen LogP contribution in [0.2, 0.25) is 0 Å². The van der Waals surface area contributed by atoms with E-state index in [0.29, 0.717) is 0 Å². The van der Waals surface area contributed by atoms with Gasteiger partial charge in [0.05, 0.1) is 0 Å². The zero-order valence-electron chi connectivity index (χ0n) is 11.1. The molecule has 3 heteroatoms. The van der Waals surface area contributed by atoms with Gasteiger partial charge in [-0.15, -0.1) is 0 Å². The lowest BCUT2D eigenvalue weighted by molar-refractivity contribution is 0.179. The molecule has 0 bridgehead atoms. The van der Waals surface area contributed by atoms with E-state index < -0.39 is 0 Å². The molecule has 0 aliphatic rings. The summed E-state index contributed by atoms with van der Waals surface area (Å²) in [5.74, 6) is 0. The van der Waals surface area contributed by atoms with Crippen molar-refractivity contribution in [3.8, 4) is 0 Å². The first-order valence-electron chi connectivity index (χ1n) is 5.88. The molecular weight excluding hydrogens is 188 g/mol. The third kappa shape index (κ3) is 11.8. The van der Waals surface area contributed by atoms with Gasteiger partial charge in [0.25, 0.3) is 0 Å². The van der Waals surface area contributed by atoms with Crippen LogP contribution in [-0.2, 0) is 4.74 Å². The molecule has 0 saturated heterocycles. The van der Waals surface area contributed by atoms with Crippen molar-refractivity contribution >= 4 is 0 Å². The van der Waals surface area contributed by atoms with Gasteiger partial charge in [-0.2, -0.15) is 0 Å². The Bertz CT molecular complexity index is 143. The van der Waals surface area contributed by atoms with Crippen LogP contribution in [-0.4, -0.2) is 50.8 Å². The van der Waals surface area contributed by atoms with Crippen molar-refractivity contribution in [1.29, 1.82) is 0 Å². The summed E-state index contributed by atoms with van der Waals surface area (Å²) >= 11 is 0. The van der Waals surface area contributed by atoms with E-state index in [1.807, 2.05) is 0 Å². The SMILES string of the molecule is COCCCN(C)CCCNC(C)(C)C. The summed E-state index contributed by atoms with van der Waals surface area (Å²) in [6, 6.07) is 0. The van der Waals surface area contributed by atoms with Gasteiger partial charge in [0.1, 0.15) is 0 Å². The molecule has 0 aromatic rings. The van der Waals surface area contributed by atoms with Crippen molar-refractivity contribution in [1.82, 2.24) is 10.2 Å². The second-order valence-electron chi connectivity index (χ2n) is 5.18. The van der Waals surface area contributed by atoms with Gasteiger partial charge in [0.2, 0.25) is 0 Å². The Morgan fingerprint density at radius 3 is 2.27 bits per heavy atom. The van der Waals surface area contributed by atoms with Crippen LogP contribution in [0.1, 0.15) is 33.6 Å². The maximum absolute atomic E-state index is 5.02. The number of hydrogen-bond donors (Lipinski definition) is 1. The molecule has 0 atom stereocenters. The van der Waals surface area contributed by atoms with Gasteiger partial charge in [0, 0.05) is 25.8 Å². The average Bonchev–Trinajstić information content (AvgIpc) is 2.11. The van der Waals surface area contributed by atoms with E-state index in [1.54, 1.807) is 7.11 Å². The highest BCUT2D eigenvalue weighted by atomic mass is 16.5. The van der Waals surface area contributed by atoms with E-state index in [-0.39, 0.29) is 5.54 Å². The Morgan fingerprint density at radius 2 is 1.73 bits per heavy atom. The number of hydrogen-bond acceptors (Lipinski definition) is 3. The van der Waals surface area contributed by atoms with Crippen molar-refractivity contribution in [3.05, 3.63) is 0 Å². The highest BCUT2D eigenvalue weighted by Gasteiger charge is 2.07. The highest BCUT2D eigenvalue weighted by molar-refractivity contribution is 4.70. The largest absolute Gasteiger partial charge is 0.385 e. The van der Waals surface area contributed by atoms with Gasteiger partial charge in [-0.05, 0) is 53.8 Å². The first kappa shape index (κ1) is 14.9. The molecule has 0 aromatic heterocycles. The Balaban J connectivity index is 3.27. The molecular formula is C12H28N2O. The lowest BCUT2D eigenvalue weighted by atomic mass is 10.1. The van der Waals surface area contributed by atoms with Gasteiger partial charge >= 0.3 is 0 Å². The molecule has 92 valence electrons. The molecule has 0 spiro atoms. The van der Waals surface area contributed by atoms with Gasteiger partial charge < -0.3 is 15.0 Å². The van der Waals surface area contributed by atoms with Crippen molar-refractivity contribution in [2.45, 2.75) is 39.2 Å². The van der Waals surface area contributed by atoms with Crippen molar-refractivity contribution in [2.24, 2.45) is 0 Å². The molecule has 0 aliphatic carbocycles. The molecule has 0 amide bonds. The highest BCUT2D eigenvalue weighted by Crippen LogP contribution is 1.98. The summed E-state index contributed by atoms with van der Waals surface area (Å²) in [5.41, 5.74) is 0.245. The number of nitrogens with one attached hydrogen (secondary N) is 1. The smallest absolute Gasteiger partial charge is 0.0474 e. The lowest BCUT2D eigenvalue weighted by Crippen LogP contribution is -2.37. The zero-order chi connectivity index (χ0) is 11.7. The maximum atomic E-state index is 5.02. The normalized spacial score (nSPS) is 12.4. The molecule has 15 heavy (non-hydrogen) atoms. The fourth-order valence-corrected chi connectivity index (χ4v) is 1.40. The molecule has 0 rings (SSSR count). The van der Waals surface area contributed by atoms with Crippen LogP contribution < -0.4 is 5.32 Å². The molecule has 0 fully saturated rings. The van der Waals surface area contributed by atoms with Crippen LogP contribution in [0, 0.1) is 0 Å². The van der Waals surface area contributed by atoms with Crippen LogP contribution in [0.3, 0.4) is 0 Å². The van der Waals surface area contributed by atoms with Crippen LogP contribution in [0.4, 0.5) is 0 Å². The van der Waals surface area contributed by atoms with Gasteiger partial charge in [0.15, 0.2) is 0 Å². The summed E-state index contributed by atoms with van der Waals surface area (Å²) in [4.78, 5) is 2.36. The van der Waals surface area contributed by atoms with E-state index in [1.165, 1.54) is 6.42 Å². The quantitative estimate of drug-likeness (QED) is 0.625. The minimum atomic E-state index is 0.245. The first-order valence-corrected chi connectivity index (χ1v) is 5.88. The fourth-order valence-electron chi connectivity index (χ4n) is 1.40. The number of nitrogens with zero attached hydrogens (tertiary/aromatic N) is 1. The maximum Gasteiger partial charge on any atom is 0.0474 e. The van der Waals surface area contributed by atoms with Crippen LogP contribution in [0.5, 0.6) is 0 Å². The standard InChI is InChI=1S/C12H28N2O/c1-12(2,3)13-8-6-9-14(4)10-7-11-15-5/h13H,6-11H2,1-5H3. The summed E-state index contributed by atoms with van der Waals surface area (Å²) in [7, 11) is 3.93. The average molecular weight is 216 g/mol. The Hall–Kier alpha value is -0.120. The van der Waals surface area contributed by atoms with Gasteiger partial charge in [-0.3, -0.25) is 0 Å². The Labute approximate surface area is 95.2 Å². The summed E-state index contributed by atoms with van der Waals surface area (Å²) < 4.78 is 5.02. The number of rotatable bonds is 8. The van der Waals surface area contributed by atoms with Crippen molar-refractivity contribution in [3.63, 3.8) is 0 Å². The summed E-state index contributed by atoms with van der Waals surface area (Å²) in [6.45, 7) is 10.9. The second kappa shape index (κ2) is 8.08. The van der Waals surface area contributed by atoms with E-state index in [2.05, 4.69) is 38.0 Å². The van der Waals surface area contributed by atoms with Crippen LogP contribution in [0.15, 0.2) is 0 Å². The second-order valence-corrected chi connectivity index (χ2v) is 5.18. The Morgan fingerprint density at radius 1 is 1.13 bits per heavy atom.